The SMILES string of the molecule is COc1cc(C)nc(CNCC2(C)CCCC2)c1. The number of aryl methyl sites for hydroxylation is 1. The molecule has 0 atom stereocenters. The summed E-state index contributed by atoms with van der Waals surface area (Å²) in [5, 5.41) is 3.54. The molecule has 3 nitrogen and oxygen atoms in total. The first-order chi connectivity index (χ1) is 8.61. The van der Waals surface area contributed by atoms with Crippen LogP contribution in [-0.4, -0.2) is 18.6 Å². The summed E-state index contributed by atoms with van der Waals surface area (Å²) in [6.45, 7) is 6.31. The lowest BCUT2D eigenvalue weighted by Crippen LogP contribution is -2.29. The van der Waals surface area contributed by atoms with E-state index in [0.717, 1.165) is 30.2 Å². The van der Waals surface area contributed by atoms with E-state index in [1.807, 2.05) is 19.1 Å². The number of aromatic nitrogens is 1. The van der Waals surface area contributed by atoms with Crippen molar-refractivity contribution >= 4 is 0 Å². The molecule has 0 aromatic carbocycles. The molecule has 0 amide bonds. The molecule has 1 saturated carbocycles. The highest BCUT2D eigenvalue weighted by Crippen LogP contribution is 2.36. The van der Waals surface area contributed by atoms with Crippen molar-refractivity contribution in [3.05, 3.63) is 23.5 Å². The van der Waals surface area contributed by atoms with Crippen LogP contribution < -0.4 is 10.1 Å². The largest absolute Gasteiger partial charge is 0.497 e. The minimum absolute atomic E-state index is 0.494. The van der Waals surface area contributed by atoms with E-state index in [1.54, 1.807) is 7.11 Å². The minimum Gasteiger partial charge on any atom is -0.497 e. The van der Waals surface area contributed by atoms with Gasteiger partial charge in [-0.15, -0.1) is 0 Å². The normalized spacial score (nSPS) is 17.9. The molecule has 0 unspecified atom stereocenters. The maximum Gasteiger partial charge on any atom is 0.122 e. The number of pyridine rings is 1. The second-order valence-electron chi connectivity index (χ2n) is 5.76. The van der Waals surface area contributed by atoms with Crippen LogP contribution in [0.1, 0.15) is 44.0 Å². The van der Waals surface area contributed by atoms with Crippen LogP contribution in [0, 0.1) is 12.3 Å². The summed E-state index contributed by atoms with van der Waals surface area (Å²) in [4.78, 5) is 4.53. The highest BCUT2D eigenvalue weighted by molar-refractivity contribution is 5.26. The maximum absolute atomic E-state index is 5.27. The number of ether oxygens (including phenoxy) is 1. The molecule has 3 heteroatoms. The summed E-state index contributed by atoms with van der Waals surface area (Å²) in [6.07, 6.45) is 5.47. The Hall–Kier alpha value is -1.09. The Morgan fingerprint density at radius 3 is 2.72 bits per heavy atom. The zero-order valence-corrected chi connectivity index (χ0v) is 11.8. The van der Waals surface area contributed by atoms with Crippen LogP contribution in [0.25, 0.3) is 0 Å². The van der Waals surface area contributed by atoms with E-state index < -0.39 is 0 Å². The number of nitrogens with zero attached hydrogens (tertiary/aromatic N) is 1. The Balaban J connectivity index is 1.88. The van der Waals surface area contributed by atoms with Crippen LogP contribution in [0.15, 0.2) is 12.1 Å². The first-order valence-corrected chi connectivity index (χ1v) is 6.84. The molecule has 18 heavy (non-hydrogen) atoms. The van der Waals surface area contributed by atoms with E-state index >= 15 is 0 Å². The average Bonchev–Trinajstić information content (AvgIpc) is 2.75. The Morgan fingerprint density at radius 2 is 2.06 bits per heavy atom. The van der Waals surface area contributed by atoms with Crippen molar-refractivity contribution < 1.29 is 4.74 Å². The van der Waals surface area contributed by atoms with Gasteiger partial charge in [0.2, 0.25) is 0 Å². The molecule has 0 saturated heterocycles. The van der Waals surface area contributed by atoms with E-state index in [1.165, 1.54) is 25.7 Å². The van der Waals surface area contributed by atoms with Gasteiger partial charge in [-0.1, -0.05) is 19.8 Å². The lowest BCUT2D eigenvalue weighted by molar-refractivity contribution is 0.314. The Kier molecular flexibility index (Phi) is 4.23. The molecule has 0 aliphatic heterocycles. The van der Waals surface area contributed by atoms with Crippen molar-refractivity contribution in [3.8, 4) is 5.75 Å². The second-order valence-corrected chi connectivity index (χ2v) is 5.76. The van der Waals surface area contributed by atoms with Crippen LogP contribution in [0.3, 0.4) is 0 Å². The first kappa shape index (κ1) is 13.3. The molecular formula is C15H24N2O. The fraction of sp³-hybridized carbons (Fsp3) is 0.667. The minimum atomic E-state index is 0.494. The molecule has 1 aromatic rings. The summed E-state index contributed by atoms with van der Waals surface area (Å²) < 4.78 is 5.27. The molecule has 0 radical (unpaired) electrons. The summed E-state index contributed by atoms with van der Waals surface area (Å²) in [7, 11) is 1.70. The average molecular weight is 248 g/mol. The number of hydrogen-bond acceptors (Lipinski definition) is 3. The quantitative estimate of drug-likeness (QED) is 0.869. The van der Waals surface area contributed by atoms with Crippen LogP contribution in [0.5, 0.6) is 5.75 Å². The third kappa shape index (κ3) is 3.45. The standard InChI is InChI=1S/C15H24N2O/c1-12-8-14(18-3)9-13(17-12)10-16-11-15(2)6-4-5-7-15/h8-9,16H,4-7,10-11H2,1-3H3. The topological polar surface area (TPSA) is 34.1 Å². The van der Waals surface area contributed by atoms with Crippen molar-refractivity contribution in [2.45, 2.75) is 46.1 Å². The summed E-state index contributed by atoms with van der Waals surface area (Å²) >= 11 is 0. The van der Waals surface area contributed by atoms with E-state index in [4.69, 9.17) is 4.74 Å². The zero-order chi connectivity index (χ0) is 13.0. The Labute approximate surface area is 110 Å². The van der Waals surface area contributed by atoms with E-state index in [2.05, 4.69) is 17.2 Å². The number of nitrogens with one attached hydrogen (secondary N) is 1. The third-order valence-corrected chi connectivity index (χ3v) is 3.88. The van der Waals surface area contributed by atoms with E-state index in [9.17, 15) is 0 Å². The molecule has 1 aliphatic carbocycles. The van der Waals surface area contributed by atoms with Gasteiger partial charge in [-0.3, -0.25) is 4.98 Å². The van der Waals surface area contributed by atoms with Crippen molar-refractivity contribution in [2.24, 2.45) is 5.41 Å². The molecule has 1 N–H and O–H groups in total. The van der Waals surface area contributed by atoms with E-state index in [0.29, 0.717) is 5.41 Å². The predicted octanol–water partition coefficient (Wildman–Crippen LogP) is 3.07. The smallest absolute Gasteiger partial charge is 0.122 e. The van der Waals surface area contributed by atoms with Crippen LogP contribution >= 0.6 is 0 Å². The number of methoxy groups -OCH3 is 1. The molecule has 100 valence electrons. The second kappa shape index (κ2) is 5.70. The number of rotatable bonds is 5. The Bertz CT molecular complexity index is 397. The van der Waals surface area contributed by atoms with Gasteiger partial charge >= 0.3 is 0 Å². The number of hydrogen-bond donors (Lipinski definition) is 1. The van der Waals surface area contributed by atoms with Crippen molar-refractivity contribution in [2.75, 3.05) is 13.7 Å². The van der Waals surface area contributed by atoms with Crippen molar-refractivity contribution in [3.63, 3.8) is 0 Å². The molecule has 2 rings (SSSR count). The summed E-state index contributed by atoms with van der Waals surface area (Å²) in [5.41, 5.74) is 2.57. The molecule has 0 spiro atoms. The molecule has 1 fully saturated rings. The maximum atomic E-state index is 5.27. The van der Waals surface area contributed by atoms with Gasteiger partial charge in [0.25, 0.3) is 0 Å². The molecule has 0 bridgehead atoms. The summed E-state index contributed by atoms with van der Waals surface area (Å²) in [5.74, 6) is 0.895. The zero-order valence-electron chi connectivity index (χ0n) is 11.8. The van der Waals surface area contributed by atoms with Crippen LogP contribution in [-0.2, 0) is 6.54 Å². The van der Waals surface area contributed by atoms with Crippen molar-refractivity contribution in [1.29, 1.82) is 0 Å². The van der Waals surface area contributed by atoms with Gasteiger partial charge in [0, 0.05) is 30.9 Å². The van der Waals surface area contributed by atoms with Gasteiger partial charge in [-0.25, -0.2) is 0 Å². The molecule has 1 aliphatic rings. The Morgan fingerprint density at radius 1 is 1.33 bits per heavy atom. The van der Waals surface area contributed by atoms with Gasteiger partial charge in [0.1, 0.15) is 5.75 Å². The molecule has 1 heterocycles. The first-order valence-electron chi connectivity index (χ1n) is 6.84. The highest BCUT2D eigenvalue weighted by atomic mass is 16.5. The molecular weight excluding hydrogens is 224 g/mol. The third-order valence-electron chi connectivity index (χ3n) is 3.88. The fourth-order valence-electron chi connectivity index (χ4n) is 2.81. The van der Waals surface area contributed by atoms with E-state index in [-0.39, 0.29) is 0 Å². The lowest BCUT2D eigenvalue weighted by Gasteiger charge is -2.23. The van der Waals surface area contributed by atoms with Crippen LogP contribution in [0.4, 0.5) is 0 Å². The van der Waals surface area contributed by atoms with Gasteiger partial charge in [0.15, 0.2) is 0 Å². The lowest BCUT2D eigenvalue weighted by atomic mass is 9.89. The summed E-state index contributed by atoms with van der Waals surface area (Å²) in [6, 6.07) is 3.97. The molecule has 1 aromatic heterocycles. The van der Waals surface area contributed by atoms with Gasteiger partial charge in [-0.05, 0) is 25.2 Å². The highest BCUT2D eigenvalue weighted by Gasteiger charge is 2.27. The van der Waals surface area contributed by atoms with Gasteiger partial charge in [-0.2, -0.15) is 0 Å². The van der Waals surface area contributed by atoms with Crippen LogP contribution in [0.2, 0.25) is 0 Å². The monoisotopic (exact) mass is 248 g/mol. The fourth-order valence-corrected chi connectivity index (χ4v) is 2.81. The van der Waals surface area contributed by atoms with Crippen molar-refractivity contribution in [1.82, 2.24) is 10.3 Å². The predicted molar refractivity (Wildman–Crippen MR) is 73.8 cm³/mol. The van der Waals surface area contributed by atoms with Gasteiger partial charge in [0.05, 0.1) is 12.8 Å². The van der Waals surface area contributed by atoms with Gasteiger partial charge < -0.3 is 10.1 Å².